The average Bonchev–Trinajstić information content (AvgIpc) is 1.83. The van der Waals surface area contributed by atoms with Crippen molar-refractivity contribution in [2.24, 2.45) is 4.40 Å². The zero-order valence-corrected chi connectivity index (χ0v) is 6.15. The molecule has 0 unspecified atom stereocenters. The van der Waals surface area contributed by atoms with Gasteiger partial charge in [-0.3, -0.25) is 0 Å². The lowest BCUT2D eigenvalue weighted by atomic mass is 10.7. The summed E-state index contributed by atoms with van der Waals surface area (Å²) in [6.07, 6.45) is -4.25. The van der Waals surface area contributed by atoms with Gasteiger partial charge in [-0.1, -0.05) is 4.40 Å². The predicted octanol–water partition coefficient (Wildman–Crippen LogP) is 0.146. The van der Waals surface area contributed by atoms with Crippen LogP contribution in [0, 0.1) is 0 Å². The second-order valence-electron chi connectivity index (χ2n) is 1.49. The molecule has 9 heteroatoms. The fraction of sp³-hybridized carbons (Fsp3) is 0.667. The summed E-state index contributed by atoms with van der Waals surface area (Å²) in [6, 6.07) is 0. The van der Waals surface area contributed by atoms with E-state index in [2.05, 4.69) is 4.18 Å². The Bertz CT molecular complexity index is 287. The number of hydrogen-bond acceptors (Lipinski definition) is 4. The Kier molecular flexibility index (Phi) is 3.37. The van der Waals surface area contributed by atoms with Crippen LogP contribution in [0.2, 0.25) is 0 Å². The van der Waals surface area contributed by atoms with E-state index in [-0.39, 0.29) is 0 Å². The van der Waals surface area contributed by atoms with Crippen LogP contribution in [0.25, 0.3) is 0 Å². The number of alkyl halides is 3. The molecule has 0 aliphatic heterocycles. The minimum absolute atomic E-state index is 0.539. The maximum Gasteiger partial charge on any atom is 0.413 e. The third-order valence-electron chi connectivity index (χ3n) is 0.521. The van der Waals surface area contributed by atoms with Crippen LogP contribution < -0.4 is 0 Å². The number of rotatable bonds is 3. The van der Waals surface area contributed by atoms with Crippen LogP contribution in [0.3, 0.4) is 0 Å². The molecular weight excluding hydrogens is 203 g/mol. The Morgan fingerprint density at radius 1 is 1.42 bits per heavy atom. The molecule has 0 saturated carbocycles. The summed E-state index contributed by atoms with van der Waals surface area (Å²) >= 11 is 0. The largest absolute Gasteiger partial charge is 0.413 e. The van der Waals surface area contributed by atoms with Crippen LogP contribution in [0.4, 0.5) is 13.2 Å². The molecule has 0 bridgehead atoms. The van der Waals surface area contributed by atoms with Gasteiger partial charge >= 0.3 is 16.5 Å². The number of hydrogen-bond donors (Lipinski definition) is 0. The second kappa shape index (κ2) is 3.65. The van der Waals surface area contributed by atoms with Gasteiger partial charge in [0.1, 0.15) is 0 Å². The molecule has 0 aromatic carbocycles. The summed E-state index contributed by atoms with van der Waals surface area (Å²) in [5, 5.41) is 0. The van der Waals surface area contributed by atoms with Crippen molar-refractivity contribution >= 4 is 16.4 Å². The maximum absolute atomic E-state index is 11.3. The van der Waals surface area contributed by atoms with Gasteiger partial charge in [0.15, 0.2) is 6.61 Å². The highest BCUT2D eigenvalue weighted by molar-refractivity contribution is 7.85. The van der Waals surface area contributed by atoms with Crippen molar-refractivity contribution in [1.82, 2.24) is 0 Å². The number of isocyanates is 1. The van der Waals surface area contributed by atoms with Gasteiger partial charge in [0.25, 0.3) is 6.08 Å². The molecule has 70 valence electrons. The van der Waals surface area contributed by atoms with E-state index >= 15 is 0 Å². The fourth-order valence-corrected chi connectivity index (χ4v) is 0.640. The van der Waals surface area contributed by atoms with E-state index in [0.29, 0.717) is 6.08 Å². The van der Waals surface area contributed by atoms with Crippen molar-refractivity contribution in [3.63, 3.8) is 0 Å². The molecule has 0 spiro atoms. The van der Waals surface area contributed by atoms with Crippen LogP contribution >= 0.6 is 0 Å². The van der Waals surface area contributed by atoms with Gasteiger partial charge < -0.3 is 0 Å². The highest BCUT2D eigenvalue weighted by atomic mass is 32.2. The molecule has 0 amide bonds. The Hall–Kier alpha value is -0.920. The van der Waals surface area contributed by atoms with E-state index in [0.717, 1.165) is 0 Å². The van der Waals surface area contributed by atoms with Crippen molar-refractivity contribution in [2.75, 3.05) is 6.61 Å². The highest BCUT2D eigenvalue weighted by Crippen LogP contribution is 2.15. The molecule has 0 aliphatic rings. The zero-order chi connectivity index (χ0) is 9.83. The van der Waals surface area contributed by atoms with Crippen LogP contribution in [0.1, 0.15) is 0 Å². The van der Waals surface area contributed by atoms with Gasteiger partial charge in [-0.15, -0.1) is 0 Å². The first kappa shape index (κ1) is 11.1. The predicted molar refractivity (Wildman–Crippen MR) is 29.0 cm³/mol. The van der Waals surface area contributed by atoms with E-state index in [4.69, 9.17) is 0 Å². The third kappa shape index (κ3) is 5.83. The Labute approximate surface area is 65.1 Å². The first-order valence-corrected chi connectivity index (χ1v) is 3.68. The first-order chi connectivity index (χ1) is 5.27. The number of halogens is 3. The van der Waals surface area contributed by atoms with Gasteiger partial charge in [-0.2, -0.15) is 21.6 Å². The molecule has 0 atom stereocenters. The van der Waals surface area contributed by atoms with Gasteiger partial charge in [-0.05, 0) is 0 Å². The summed E-state index contributed by atoms with van der Waals surface area (Å²) < 4.78 is 59.4. The second-order valence-corrected chi connectivity index (χ2v) is 2.76. The Morgan fingerprint density at radius 3 is 2.25 bits per heavy atom. The minimum Gasteiger partial charge on any atom is -0.242 e. The van der Waals surface area contributed by atoms with Crippen molar-refractivity contribution in [1.29, 1.82) is 0 Å². The molecule has 0 fully saturated rings. The topological polar surface area (TPSA) is 72.8 Å². The lowest BCUT2D eigenvalue weighted by molar-refractivity contribution is -0.152. The molecule has 0 aromatic heterocycles. The van der Waals surface area contributed by atoms with Crippen LogP contribution in [-0.2, 0) is 19.3 Å². The molecule has 0 saturated heterocycles. The van der Waals surface area contributed by atoms with Gasteiger partial charge in [0, 0.05) is 0 Å². The average molecular weight is 205 g/mol. The quantitative estimate of drug-likeness (QED) is 0.485. The fourth-order valence-electron chi connectivity index (χ4n) is 0.213. The standard InChI is InChI=1S/C3H2F3NO4S/c4-3(5,6)1-11-12(9,10)7-2-8/h1H2. The first-order valence-electron chi connectivity index (χ1n) is 2.32. The molecule has 0 aliphatic carbocycles. The van der Waals surface area contributed by atoms with E-state index in [1.54, 1.807) is 0 Å². The molecule has 12 heavy (non-hydrogen) atoms. The van der Waals surface area contributed by atoms with Crippen LogP contribution in [-0.4, -0.2) is 27.3 Å². The van der Waals surface area contributed by atoms with E-state index < -0.39 is 23.1 Å². The molecule has 5 nitrogen and oxygen atoms in total. The maximum atomic E-state index is 11.3. The van der Waals surface area contributed by atoms with Crippen molar-refractivity contribution in [3.05, 3.63) is 0 Å². The van der Waals surface area contributed by atoms with Crippen LogP contribution in [0.5, 0.6) is 0 Å². The van der Waals surface area contributed by atoms with Gasteiger partial charge in [0.05, 0.1) is 0 Å². The Morgan fingerprint density at radius 2 is 1.92 bits per heavy atom. The normalized spacial score (nSPS) is 12.2. The van der Waals surface area contributed by atoms with E-state index in [1.807, 2.05) is 4.40 Å². The lowest BCUT2D eigenvalue weighted by Crippen LogP contribution is -2.19. The number of carbonyl (C=O) groups excluding carboxylic acids is 1. The third-order valence-corrected chi connectivity index (χ3v) is 1.23. The van der Waals surface area contributed by atoms with Gasteiger partial charge in [0.2, 0.25) is 0 Å². The van der Waals surface area contributed by atoms with Crippen molar-refractivity contribution in [3.8, 4) is 0 Å². The van der Waals surface area contributed by atoms with Crippen molar-refractivity contribution in [2.45, 2.75) is 6.18 Å². The molecule has 0 aromatic rings. The van der Waals surface area contributed by atoms with E-state index in [9.17, 15) is 26.4 Å². The highest BCUT2D eigenvalue weighted by Gasteiger charge is 2.30. The molecule has 0 heterocycles. The summed E-state index contributed by atoms with van der Waals surface area (Å²) in [5.74, 6) is 0. The molecular formula is C3H2F3NO4S. The van der Waals surface area contributed by atoms with Gasteiger partial charge in [-0.25, -0.2) is 8.98 Å². The smallest absolute Gasteiger partial charge is 0.242 e. The zero-order valence-electron chi connectivity index (χ0n) is 5.33. The SMILES string of the molecule is O=C=NS(=O)(=O)OCC(F)(F)F. The van der Waals surface area contributed by atoms with Crippen molar-refractivity contribution < 1.29 is 30.6 Å². The van der Waals surface area contributed by atoms with E-state index in [1.165, 1.54) is 0 Å². The lowest BCUT2D eigenvalue weighted by Gasteiger charge is -2.03. The minimum atomic E-state index is -4.79. The number of nitrogens with zero attached hydrogens (tertiary/aromatic N) is 1. The molecule has 0 N–H and O–H groups in total. The monoisotopic (exact) mass is 205 g/mol. The summed E-state index contributed by atoms with van der Waals surface area (Å²) in [4.78, 5) is 9.31. The summed E-state index contributed by atoms with van der Waals surface area (Å²) in [7, 11) is -4.78. The molecule has 0 rings (SSSR count). The molecule has 0 radical (unpaired) electrons. The van der Waals surface area contributed by atoms with Crippen LogP contribution in [0.15, 0.2) is 4.40 Å². The summed E-state index contributed by atoms with van der Waals surface area (Å²) in [6.45, 7) is -2.01. The Balaban J connectivity index is 4.21. The summed E-state index contributed by atoms with van der Waals surface area (Å²) in [5.41, 5.74) is 0.